The van der Waals surface area contributed by atoms with Gasteiger partial charge in [-0.1, -0.05) is 271 Å². The second-order valence-corrected chi connectivity index (χ2v) is 19.9. The minimum absolute atomic E-state index is 0.366. The Labute approximate surface area is 399 Å². The van der Waals surface area contributed by atoms with Gasteiger partial charge in [0, 0.05) is 37.7 Å². The first kappa shape index (κ1) is 60.7. The number of aliphatic hydroxyl groups excluding tert-OH is 2. The highest BCUT2D eigenvalue weighted by atomic mass is 16.5. The molecule has 1 aromatic rings. The Hall–Kier alpha value is -1.34. The molecule has 0 aromatic heterocycles. The molecule has 0 fully saturated rings. The fraction of sp³-hybridized carbons (Fsp3) is 0.897. The van der Waals surface area contributed by atoms with Crippen molar-refractivity contribution >= 4 is 11.4 Å². The van der Waals surface area contributed by atoms with Crippen LogP contribution in [0.4, 0.5) is 11.4 Å². The van der Waals surface area contributed by atoms with Crippen molar-refractivity contribution in [2.75, 3.05) is 50.2 Å². The van der Waals surface area contributed by atoms with Gasteiger partial charge in [0.15, 0.2) is 0 Å². The molecular weight excluding hydrogens is 789 g/mol. The summed E-state index contributed by atoms with van der Waals surface area (Å²) in [5, 5.41) is 27.4. The quantitative estimate of drug-likeness (QED) is 0.0488. The molecule has 6 nitrogen and oxygen atoms in total. The topological polar surface area (TPSA) is 83.0 Å². The van der Waals surface area contributed by atoms with E-state index in [-0.39, 0.29) is 0 Å². The smallest absolute Gasteiger partial charge is 0.0945 e. The molecule has 2 atom stereocenters. The van der Waals surface area contributed by atoms with E-state index in [9.17, 15) is 10.2 Å². The average Bonchev–Trinajstić information content (AvgIpc) is 3.31. The molecule has 0 saturated carbocycles. The lowest BCUT2D eigenvalue weighted by Crippen LogP contribution is -2.25. The van der Waals surface area contributed by atoms with Crippen LogP contribution in [0.1, 0.15) is 284 Å². The van der Waals surface area contributed by atoms with Crippen LogP contribution >= 0.6 is 0 Å². The summed E-state index contributed by atoms with van der Waals surface area (Å²) in [4.78, 5) is 0. The number of aliphatic hydroxyl groups is 2. The molecule has 0 heterocycles. The number of nitrogens with one attached hydrogen (secondary N) is 2. The van der Waals surface area contributed by atoms with Crippen molar-refractivity contribution in [3.8, 4) is 0 Å². The summed E-state index contributed by atoms with van der Waals surface area (Å²) in [6.07, 6.45) is 57.5. The Balaban J connectivity index is 1.81. The molecule has 64 heavy (non-hydrogen) atoms. The van der Waals surface area contributed by atoms with E-state index < -0.39 is 12.2 Å². The van der Waals surface area contributed by atoms with Crippen molar-refractivity contribution in [2.24, 2.45) is 0 Å². The summed E-state index contributed by atoms with van der Waals surface area (Å²) in [5.74, 6) is 0. The molecule has 1 rings (SSSR count). The van der Waals surface area contributed by atoms with E-state index in [0.29, 0.717) is 26.3 Å². The third-order valence-corrected chi connectivity index (χ3v) is 13.4. The number of ether oxygens (including phenoxy) is 2. The van der Waals surface area contributed by atoms with Gasteiger partial charge in [-0.25, -0.2) is 0 Å². The third kappa shape index (κ3) is 45.8. The first-order valence-corrected chi connectivity index (χ1v) is 28.7. The number of unbranched alkanes of at least 4 members (excludes halogenated alkanes) is 40. The first-order valence-electron chi connectivity index (χ1n) is 28.7. The highest BCUT2D eigenvalue weighted by Crippen LogP contribution is 2.18. The van der Waals surface area contributed by atoms with Crippen LogP contribution in [0.3, 0.4) is 0 Å². The zero-order valence-corrected chi connectivity index (χ0v) is 43.1. The van der Waals surface area contributed by atoms with Crippen molar-refractivity contribution in [1.29, 1.82) is 0 Å². The summed E-state index contributed by atoms with van der Waals surface area (Å²) in [6, 6.07) is 8.00. The Morgan fingerprint density at radius 1 is 0.312 bits per heavy atom. The van der Waals surface area contributed by atoms with Crippen LogP contribution in [-0.4, -0.2) is 61.9 Å². The Kier molecular flexibility index (Phi) is 48.4. The normalized spacial score (nSPS) is 12.6. The second kappa shape index (κ2) is 51.1. The third-order valence-electron chi connectivity index (χ3n) is 13.4. The highest BCUT2D eigenvalue weighted by Gasteiger charge is 2.07. The molecule has 378 valence electrons. The summed E-state index contributed by atoms with van der Waals surface area (Å²) < 4.78 is 11.5. The average molecular weight is 902 g/mol. The van der Waals surface area contributed by atoms with Crippen molar-refractivity contribution in [3.63, 3.8) is 0 Å². The predicted octanol–water partition coefficient (Wildman–Crippen LogP) is 17.7. The minimum atomic E-state index is -0.531. The lowest BCUT2D eigenvalue weighted by molar-refractivity contribution is 0.0416. The number of hydrogen-bond donors (Lipinski definition) is 4. The van der Waals surface area contributed by atoms with Gasteiger partial charge in [-0.05, 0) is 37.1 Å². The molecule has 0 radical (unpaired) electrons. The van der Waals surface area contributed by atoms with Crippen LogP contribution < -0.4 is 10.6 Å². The van der Waals surface area contributed by atoms with Gasteiger partial charge >= 0.3 is 0 Å². The van der Waals surface area contributed by atoms with Gasteiger partial charge in [0.1, 0.15) is 0 Å². The molecule has 2 unspecified atom stereocenters. The zero-order valence-electron chi connectivity index (χ0n) is 43.1. The highest BCUT2D eigenvalue weighted by molar-refractivity contribution is 5.53. The molecular formula is C58H112N2O4. The molecule has 0 aliphatic carbocycles. The molecule has 4 N–H and O–H groups in total. The van der Waals surface area contributed by atoms with E-state index in [4.69, 9.17) is 9.47 Å². The molecule has 1 aromatic carbocycles. The number of hydrogen-bond acceptors (Lipinski definition) is 6. The molecule has 0 bridgehead atoms. The molecule has 0 amide bonds. The van der Waals surface area contributed by atoms with E-state index in [1.165, 1.54) is 257 Å². The van der Waals surface area contributed by atoms with Gasteiger partial charge in [-0.15, -0.1) is 0 Å². The van der Waals surface area contributed by atoms with E-state index in [2.05, 4.69) is 24.5 Å². The Morgan fingerprint density at radius 3 is 0.703 bits per heavy atom. The monoisotopic (exact) mass is 901 g/mol. The van der Waals surface area contributed by atoms with E-state index >= 15 is 0 Å². The van der Waals surface area contributed by atoms with Crippen molar-refractivity contribution in [1.82, 2.24) is 0 Å². The molecule has 0 aliphatic heterocycles. The lowest BCUT2D eigenvalue weighted by atomic mass is 10.0. The van der Waals surface area contributed by atoms with Crippen molar-refractivity contribution < 1.29 is 19.7 Å². The second-order valence-electron chi connectivity index (χ2n) is 19.9. The van der Waals surface area contributed by atoms with E-state index in [0.717, 1.165) is 37.4 Å². The maximum atomic E-state index is 10.4. The van der Waals surface area contributed by atoms with Gasteiger partial charge < -0.3 is 30.3 Å². The van der Waals surface area contributed by atoms with E-state index in [1.54, 1.807) is 0 Å². The summed E-state index contributed by atoms with van der Waals surface area (Å²) >= 11 is 0. The van der Waals surface area contributed by atoms with Crippen LogP contribution in [0.5, 0.6) is 0 Å². The maximum absolute atomic E-state index is 10.4. The molecule has 0 aliphatic rings. The van der Waals surface area contributed by atoms with Crippen LogP contribution in [-0.2, 0) is 9.47 Å². The summed E-state index contributed by atoms with van der Waals surface area (Å²) in [7, 11) is 0. The largest absolute Gasteiger partial charge is 0.389 e. The van der Waals surface area contributed by atoms with Gasteiger partial charge in [0.2, 0.25) is 0 Å². The van der Waals surface area contributed by atoms with Gasteiger partial charge in [-0.2, -0.15) is 0 Å². The van der Waals surface area contributed by atoms with Gasteiger partial charge in [0.25, 0.3) is 0 Å². The van der Waals surface area contributed by atoms with Crippen molar-refractivity contribution in [3.05, 3.63) is 24.3 Å². The molecule has 0 spiro atoms. The van der Waals surface area contributed by atoms with Gasteiger partial charge in [-0.3, -0.25) is 0 Å². The van der Waals surface area contributed by atoms with Crippen LogP contribution in [0.25, 0.3) is 0 Å². The van der Waals surface area contributed by atoms with Gasteiger partial charge in [0.05, 0.1) is 25.4 Å². The predicted molar refractivity (Wildman–Crippen MR) is 282 cm³/mol. The minimum Gasteiger partial charge on any atom is -0.389 e. The number of anilines is 2. The molecule has 0 saturated heterocycles. The maximum Gasteiger partial charge on any atom is 0.0945 e. The van der Waals surface area contributed by atoms with E-state index in [1.807, 2.05) is 24.3 Å². The Bertz CT molecular complexity index is 929. The van der Waals surface area contributed by atoms with Crippen molar-refractivity contribution in [2.45, 2.75) is 296 Å². The van der Waals surface area contributed by atoms with Crippen LogP contribution in [0, 0.1) is 0 Å². The number of rotatable bonds is 54. The number of benzene rings is 1. The standard InChI is InChI=1S/C58H112N2O4/c1-3-5-7-9-11-13-15-17-19-21-23-25-27-29-31-33-35-37-39-41-43-49-63-53-57(61)51-59-55-45-47-56(48-46-55)60-52-58(62)54-64-50-44-42-40-38-36-34-32-30-28-26-24-22-20-18-16-14-12-10-8-6-4-2/h45-48,57-62H,3-44,49-54H2,1-2H3. The first-order chi connectivity index (χ1) is 31.7. The van der Waals surface area contributed by atoms with Crippen LogP contribution in [0.2, 0.25) is 0 Å². The molecule has 6 heteroatoms. The van der Waals surface area contributed by atoms with Crippen LogP contribution in [0.15, 0.2) is 24.3 Å². The lowest BCUT2D eigenvalue weighted by Gasteiger charge is -2.15. The summed E-state index contributed by atoms with van der Waals surface area (Å²) in [6.45, 7) is 7.71. The SMILES string of the molecule is CCCCCCCCCCCCCCCCCCCCCCCOCC(O)CNc1ccc(NCC(O)COCCCCCCCCCCCCCCCCCCCCCCC)cc1. The fourth-order valence-corrected chi connectivity index (χ4v) is 9.01. The fourth-order valence-electron chi connectivity index (χ4n) is 9.01. The zero-order chi connectivity index (χ0) is 45.9. The Morgan fingerprint density at radius 2 is 0.500 bits per heavy atom. The summed E-state index contributed by atoms with van der Waals surface area (Å²) in [5.41, 5.74) is 1.92.